The lowest BCUT2D eigenvalue weighted by atomic mass is 9.71. The molecule has 0 N–H and O–H groups in total. The molecule has 0 unspecified atom stereocenters. The number of rotatable bonds is 0. The maximum absolute atomic E-state index is 11.2. The normalized spacial score (nSPS) is 37.5. The van der Waals surface area contributed by atoms with Crippen LogP contribution in [0.5, 0.6) is 0 Å². The zero-order valence-electron chi connectivity index (χ0n) is 6.51. The minimum atomic E-state index is 0.242. The molecule has 0 aromatic rings. The van der Waals surface area contributed by atoms with E-state index in [4.69, 9.17) is 0 Å². The SMILES string of the molecule is O=C1CC[C@H]2C[C@H]1CCC2=O. The molecule has 11 heavy (non-hydrogen) atoms. The molecular weight excluding hydrogens is 140 g/mol. The third kappa shape index (κ3) is 1.10. The standard InChI is InChI=1S/C9H12O2/c10-8-3-1-6-5-7(8)2-4-9(6)11/h6-7H,1-5H2/t6-,7+. The van der Waals surface area contributed by atoms with Crippen LogP contribution in [-0.2, 0) is 9.59 Å². The van der Waals surface area contributed by atoms with Gasteiger partial charge in [-0.3, -0.25) is 9.59 Å². The molecule has 2 atom stereocenters. The van der Waals surface area contributed by atoms with Crippen molar-refractivity contribution in [1.82, 2.24) is 0 Å². The summed E-state index contributed by atoms with van der Waals surface area (Å²) in [5.41, 5.74) is 0. The largest absolute Gasteiger partial charge is 0.299 e. The predicted molar refractivity (Wildman–Crippen MR) is 40.1 cm³/mol. The fourth-order valence-electron chi connectivity index (χ4n) is 2.21. The summed E-state index contributed by atoms with van der Waals surface area (Å²) in [5, 5.41) is 0. The van der Waals surface area contributed by atoms with Crippen molar-refractivity contribution in [1.29, 1.82) is 0 Å². The second-order valence-electron chi connectivity index (χ2n) is 3.64. The van der Waals surface area contributed by atoms with Crippen LogP contribution in [0.3, 0.4) is 0 Å². The van der Waals surface area contributed by atoms with Gasteiger partial charge in [0.1, 0.15) is 11.6 Å². The van der Waals surface area contributed by atoms with Gasteiger partial charge in [0, 0.05) is 24.7 Å². The highest BCUT2D eigenvalue weighted by Gasteiger charge is 2.36. The van der Waals surface area contributed by atoms with E-state index in [0.717, 1.165) is 19.3 Å². The number of Topliss-reactive ketones (excluding diaryl/α,β-unsaturated/α-hetero) is 2. The van der Waals surface area contributed by atoms with E-state index in [1.807, 2.05) is 0 Å². The van der Waals surface area contributed by atoms with Gasteiger partial charge in [0.25, 0.3) is 0 Å². The average molecular weight is 152 g/mol. The van der Waals surface area contributed by atoms with Crippen molar-refractivity contribution in [3.8, 4) is 0 Å². The lowest BCUT2D eigenvalue weighted by molar-refractivity contribution is -0.134. The molecule has 2 aliphatic rings. The van der Waals surface area contributed by atoms with Crippen molar-refractivity contribution in [2.24, 2.45) is 11.8 Å². The molecule has 0 amide bonds. The summed E-state index contributed by atoms with van der Waals surface area (Å²) in [6, 6.07) is 0. The monoisotopic (exact) mass is 152 g/mol. The quantitative estimate of drug-likeness (QED) is 0.524. The van der Waals surface area contributed by atoms with Gasteiger partial charge in [-0.1, -0.05) is 0 Å². The molecule has 2 saturated carbocycles. The first-order valence-electron chi connectivity index (χ1n) is 4.33. The van der Waals surface area contributed by atoms with E-state index in [0.29, 0.717) is 24.4 Å². The van der Waals surface area contributed by atoms with Gasteiger partial charge in [0.05, 0.1) is 0 Å². The highest BCUT2D eigenvalue weighted by Crippen LogP contribution is 2.35. The number of carbonyl (C=O) groups is 2. The molecule has 2 aliphatic carbocycles. The first kappa shape index (κ1) is 7.01. The molecule has 2 rings (SSSR count). The summed E-state index contributed by atoms with van der Waals surface area (Å²) in [5.74, 6) is 1.28. The summed E-state index contributed by atoms with van der Waals surface area (Å²) in [4.78, 5) is 22.4. The number of fused-ring (bicyclic) bond motifs is 2. The van der Waals surface area contributed by atoms with Gasteiger partial charge >= 0.3 is 0 Å². The molecule has 60 valence electrons. The molecule has 0 aromatic heterocycles. The van der Waals surface area contributed by atoms with E-state index >= 15 is 0 Å². The van der Waals surface area contributed by atoms with E-state index in [9.17, 15) is 9.59 Å². The van der Waals surface area contributed by atoms with Crippen molar-refractivity contribution in [3.05, 3.63) is 0 Å². The van der Waals surface area contributed by atoms with Gasteiger partial charge in [0.2, 0.25) is 0 Å². The minimum Gasteiger partial charge on any atom is -0.299 e. The number of ketones is 2. The molecule has 0 aliphatic heterocycles. The minimum absolute atomic E-state index is 0.242. The average Bonchev–Trinajstić information content (AvgIpc) is 2.02. The van der Waals surface area contributed by atoms with Crippen molar-refractivity contribution in [2.45, 2.75) is 32.1 Å². The zero-order chi connectivity index (χ0) is 7.84. The van der Waals surface area contributed by atoms with Crippen LogP contribution in [0.1, 0.15) is 32.1 Å². The Morgan fingerprint density at radius 1 is 0.909 bits per heavy atom. The maximum atomic E-state index is 11.2. The lowest BCUT2D eigenvalue weighted by Crippen LogP contribution is -2.34. The highest BCUT2D eigenvalue weighted by molar-refractivity contribution is 5.89. The van der Waals surface area contributed by atoms with E-state index in [1.165, 1.54) is 0 Å². The second kappa shape index (κ2) is 2.43. The van der Waals surface area contributed by atoms with Crippen LogP contribution in [-0.4, -0.2) is 11.6 Å². The molecule has 0 aromatic carbocycles. The van der Waals surface area contributed by atoms with E-state index in [-0.39, 0.29) is 11.8 Å². The Hall–Kier alpha value is -0.660. The van der Waals surface area contributed by atoms with Gasteiger partial charge in [-0.15, -0.1) is 0 Å². The van der Waals surface area contributed by atoms with E-state index in [1.54, 1.807) is 0 Å². The van der Waals surface area contributed by atoms with Gasteiger partial charge in [0.15, 0.2) is 0 Å². The summed E-state index contributed by atoms with van der Waals surface area (Å²) in [6.45, 7) is 0. The van der Waals surface area contributed by atoms with Crippen LogP contribution in [0, 0.1) is 11.8 Å². The van der Waals surface area contributed by atoms with Crippen LogP contribution in [0.25, 0.3) is 0 Å². The van der Waals surface area contributed by atoms with Crippen LogP contribution in [0.2, 0.25) is 0 Å². The first-order chi connectivity index (χ1) is 5.27. The summed E-state index contributed by atoms with van der Waals surface area (Å²) in [6.07, 6.45) is 3.82. The predicted octanol–water partition coefficient (Wildman–Crippen LogP) is 1.33. The van der Waals surface area contributed by atoms with Crippen LogP contribution in [0.4, 0.5) is 0 Å². The Morgan fingerprint density at radius 2 is 1.36 bits per heavy atom. The fraction of sp³-hybridized carbons (Fsp3) is 0.778. The Balaban J connectivity index is 2.14. The maximum Gasteiger partial charge on any atom is 0.136 e. The molecule has 2 heteroatoms. The summed E-state index contributed by atoms with van der Waals surface area (Å²) >= 11 is 0. The molecule has 0 spiro atoms. The molecule has 0 radical (unpaired) electrons. The number of hydrogen-bond acceptors (Lipinski definition) is 2. The van der Waals surface area contributed by atoms with E-state index < -0.39 is 0 Å². The first-order valence-corrected chi connectivity index (χ1v) is 4.33. The highest BCUT2D eigenvalue weighted by atomic mass is 16.1. The molecule has 0 saturated heterocycles. The Bertz CT molecular complexity index is 186. The second-order valence-corrected chi connectivity index (χ2v) is 3.64. The third-order valence-electron chi connectivity index (χ3n) is 2.96. The van der Waals surface area contributed by atoms with Crippen molar-refractivity contribution >= 4 is 11.6 Å². The number of hydrogen-bond donors (Lipinski definition) is 0. The Labute approximate surface area is 66.0 Å². The Kier molecular flexibility index (Phi) is 1.55. The van der Waals surface area contributed by atoms with Gasteiger partial charge in [-0.25, -0.2) is 0 Å². The van der Waals surface area contributed by atoms with Gasteiger partial charge in [-0.05, 0) is 19.3 Å². The Morgan fingerprint density at radius 3 is 1.82 bits per heavy atom. The molecule has 2 fully saturated rings. The van der Waals surface area contributed by atoms with Crippen molar-refractivity contribution in [3.63, 3.8) is 0 Å². The third-order valence-corrected chi connectivity index (χ3v) is 2.96. The van der Waals surface area contributed by atoms with Gasteiger partial charge < -0.3 is 0 Å². The molecule has 2 nitrogen and oxygen atoms in total. The zero-order valence-corrected chi connectivity index (χ0v) is 6.51. The topological polar surface area (TPSA) is 34.1 Å². The summed E-state index contributed by atoms with van der Waals surface area (Å²) in [7, 11) is 0. The van der Waals surface area contributed by atoms with Crippen molar-refractivity contribution in [2.75, 3.05) is 0 Å². The van der Waals surface area contributed by atoms with Gasteiger partial charge in [-0.2, -0.15) is 0 Å². The summed E-state index contributed by atoms with van der Waals surface area (Å²) < 4.78 is 0. The molecular formula is C9H12O2. The smallest absolute Gasteiger partial charge is 0.136 e. The van der Waals surface area contributed by atoms with Crippen molar-refractivity contribution < 1.29 is 9.59 Å². The molecule has 0 heterocycles. The van der Waals surface area contributed by atoms with Crippen LogP contribution in [0.15, 0.2) is 0 Å². The van der Waals surface area contributed by atoms with Crippen LogP contribution >= 0.6 is 0 Å². The van der Waals surface area contributed by atoms with Crippen LogP contribution < -0.4 is 0 Å². The van der Waals surface area contributed by atoms with E-state index in [2.05, 4.69) is 0 Å². The number of carbonyl (C=O) groups excluding carboxylic acids is 2. The molecule has 2 bridgehead atoms. The fourth-order valence-corrected chi connectivity index (χ4v) is 2.21. The lowest BCUT2D eigenvalue weighted by Gasteiger charge is -2.31.